The molecular weight excluding hydrogens is 366 g/mol. The first-order chi connectivity index (χ1) is 12.5. The SMILES string of the molecule is CC(=O)c1cc2c(s1)SCC1C(C(=O)NC(C)c3ccccc3)=NNC21. The van der Waals surface area contributed by atoms with Crippen molar-refractivity contribution >= 4 is 40.5 Å². The van der Waals surface area contributed by atoms with Crippen molar-refractivity contribution < 1.29 is 9.59 Å². The molecule has 0 fully saturated rings. The number of amides is 1. The van der Waals surface area contributed by atoms with Crippen molar-refractivity contribution in [1.29, 1.82) is 0 Å². The summed E-state index contributed by atoms with van der Waals surface area (Å²) in [6.07, 6.45) is 0. The number of hydrogen-bond donors (Lipinski definition) is 2. The standard InChI is InChI=1S/C19H19N3O2S2/c1-10(12-6-4-3-5-7-12)20-18(24)17-14-9-25-19-13(16(14)21-22-17)8-15(26-19)11(2)23/h3-8,10,14,16,21H,9H2,1-2H3,(H,20,24). The van der Waals surface area contributed by atoms with Gasteiger partial charge >= 0.3 is 0 Å². The van der Waals surface area contributed by atoms with Crippen molar-refractivity contribution in [3.05, 3.63) is 52.4 Å². The summed E-state index contributed by atoms with van der Waals surface area (Å²) < 4.78 is 1.15. The van der Waals surface area contributed by atoms with Crippen LogP contribution in [0.15, 0.2) is 45.7 Å². The molecule has 4 rings (SSSR count). The molecule has 0 spiro atoms. The van der Waals surface area contributed by atoms with Crippen LogP contribution in [-0.2, 0) is 4.79 Å². The molecule has 7 heteroatoms. The van der Waals surface area contributed by atoms with Crippen LogP contribution in [0.3, 0.4) is 0 Å². The van der Waals surface area contributed by atoms with Crippen LogP contribution in [0.5, 0.6) is 0 Å². The van der Waals surface area contributed by atoms with E-state index in [1.54, 1.807) is 18.7 Å². The van der Waals surface area contributed by atoms with Gasteiger partial charge in [-0.2, -0.15) is 5.10 Å². The molecule has 0 saturated carbocycles. The van der Waals surface area contributed by atoms with E-state index in [4.69, 9.17) is 0 Å². The molecule has 2 aliphatic heterocycles. The number of carbonyl (C=O) groups excluding carboxylic acids is 2. The zero-order valence-electron chi connectivity index (χ0n) is 14.5. The van der Waals surface area contributed by atoms with E-state index in [9.17, 15) is 9.59 Å². The topological polar surface area (TPSA) is 70.6 Å². The first-order valence-corrected chi connectivity index (χ1v) is 10.3. The second-order valence-corrected chi connectivity index (χ2v) is 8.88. The number of thiophene rings is 1. The third-order valence-electron chi connectivity index (χ3n) is 4.76. The van der Waals surface area contributed by atoms with E-state index in [1.807, 2.05) is 43.3 Å². The third kappa shape index (κ3) is 3.05. The first kappa shape index (κ1) is 17.3. The summed E-state index contributed by atoms with van der Waals surface area (Å²) in [5, 5.41) is 7.39. The number of hydrazone groups is 1. The smallest absolute Gasteiger partial charge is 0.268 e. The molecule has 2 N–H and O–H groups in total. The van der Waals surface area contributed by atoms with Crippen molar-refractivity contribution in [2.45, 2.75) is 30.1 Å². The zero-order valence-corrected chi connectivity index (χ0v) is 16.1. The molecule has 134 valence electrons. The normalized spacial score (nSPS) is 21.8. The van der Waals surface area contributed by atoms with Gasteiger partial charge in [0.1, 0.15) is 5.71 Å². The van der Waals surface area contributed by atoms with Crippen molar-refractivity contribution in [2.75, 3.05) is 5.75 Å². The van der Waals surface area contributed by atoms with Crippen LogP contribution in [0.1, 0.15) is 46.7 Å². The van der Waals surface area contributed by atoms with E-state index in [1.165, 1.54) is 11.3 Å². The number of rotatable bonds is 4. The van der Waals surface area contributed by atoms with Gasteiger partial charge in [0.25, 0.3) is 5.91 Å². The highest BCUT2D eigenvalue weighted by atomic mass is 32.2. The van der Waals surface area contributed by atoms with Crippen LogP contribution < -0.4 is 10.7 Å². The number of fused-ring (bicyclic) bond motifs is 3. The Bertz CT molecular complexity index is 891. The van der Waals surface area contributed by atoms with Gasteiger partial charge in [-0.25, -0.2) is 0 Å². The molecule has 3 heterocycles. The third-order valence-corrected chi connectivity index (χ3v) is 7.43. The summed E-state index contributed by atoms with van der Waals surface area (Å²) in [4.78, 5) is 25.2. The van der Waals surface area contributed by atoms with Crippen LogP contribution in [0.2, 0.25) is 0 Å². The second kappa shape index (κ2) is 6.89. The van der Waals surface area contributed by atoms with Gasteiger partial charge in [0.2, 0.25) is 0 Å². The van der Waals surface area contributed by atoms with Gasteiger partial charge in [0.15, 0.2) is 5.78 Å². The Labute approximate surface area is 160 Å². The number of nitrogens with zero attached hydrogens (tertiary/aromatic N) is 1. The molecule has 1 amide bonds. The molecule has 0 aliphatic carbocycles. The van der Waals surface area contributed by atoms with Crippen molar-refractivity contribution in [1.82, 2.24) is 10.7 Å². The van der Waals surface area contributed by atoms with Gasteiger partial charge < -0.3 is 10.7 Å². The average Bonchev–Trinajstić information content (AvgIpc) is 3.26. The van der Waals surface area contributed by atoms with Gasteiger partial charge in [0.05, 0.1) is 21.2 Å². The molecule has 0 bridgehead atoms. The average molecular weight is 386 g/mol. The molecule has 1 aromatic carbocycles. The van der Waals surface area contributed by atoms with Crippen LogP contribution >= 0.6 is 23.1 Å². The largest absolute Gasteiger partial charge is 0.344 e. The summed E-state index contributed by atoms with van der Waals surface area (Å²) in [5.74, 6) is 0.751. The number of hydrogen-bond acceptors (Lipinski definition) is 6. The van der Waals surface area contributed by atoms with Crippen LogP contribution in [0, 0.1) is 5.92 Å². The molecule has 2 aromatic rings. The molecule has 2 aliphatic rings. The van der Waals surface area contributed by atoms with E-state index in [0.717, 1.165) is 26.0 Å². The van der Waals surface area contributed by atoms with Gasteiger partial charge in [0, 0.05) is 17.2 Å². The fourth-order valence-corrected chi connectivity index (χ4v) is 5.88. The number of benzene rings is 1. The Kier molecular flexibility index (Phi) is 4.58. The quantitative estimate of drug-likeness (QED) is 0.790. The van der Waals surface area contributed by atoms with Gasteiger partial charge in [-0.05, 0) is 25.5 Å². The summed E-state index contributed by atoms with van der Waals surface area (Å²) in [7, 11) is 0. The number of thioether (sulfide) groups is 1. The number of ketones is 1. The predicted molar refractivity (Wildman–Crippen MR) is 105 cm³/mol. The van der Waals surface area contributed by atoms with Gasteiger partial charge in [-0.15, -0.1) is 23.1 Å². The maximum atomic E-state index is 12.8. The second-order valence-electron chi connectivity index (χ2n) is 6.54. The maximum absolute atomic E-state index is 12.8. The predicted octanol–water partition coefficient (Wildman–Crippen LogP) is 3.55. The summed E-state index contributed by atoms with van der Waals surface area (Å²) in [6, 6.07) is 11.7. The molecular formula is C19H19N3O2S2. The van der Waals surface area contributed by atoms with Crippen molar-refractivity contribution in [2.24, 2.45) is 11.0 Å². The van der Waals surface area contributed by atoms with Crippen molar-refractivity contribution in [3.63, 3.8) is 0 Å². The van der Waals surface area contributed by atoms with Gasteiger partial charge in [-0.1, -0.05) is 30.3 Å². The minimum atomic E-state index is -0.132. The monoisotopic (exact) mass is 385 g/mol. The number of nitrogens with one attached hydrogen (secondary N) is 2. The van der Waals surface area contributed by atoms with Crippen molar-refractivity contribution in [3.8, 4) is 0 Å². The molecule has 0 saturated heterocycles. The highest BCUT2D eigenvalue weighted by Crippen LogP contribution is 2.46. The molecule has 26 heavy (non-hydrogen) atoms. The minimum absolute atomic E-state index is 0.0184. The fraction of sp³-hybridized carbons (Fsp3) is 0.316. The maximum Gasteiger partial charge on any atom is 0.268 e. The Balaban J connectivity index is 1.50. The van der Waals surface area contributed by atoms with Crippen LogP contribution in [0.4, 0.5) is 0 Å². The first-order valence-electron chi connectivity index (χ1n) is 8.51. The number of Topliss-reactive ketones (excluding diaryl/α,β-unsaturated/α-hetero) is 1. The van der Waals surface area contributed by atoms with Crippen LogP contribution in [-0.4, -0.2) is 23.2 Å². The lowest BCUT2D eigenvalue weighted by Crippen LogP contribution is -2.38. The summed E-state index contributed by atoms with van der Waals surface area (Å²) in [5.41, 5.74) is 5.82. The summed E-state index contributed by atoms with van der Waals surface area (Å²) >= 11 is 3.24. The lowest BCUT2D eigenvalue weighted by atomic mass is 9.92. The number of carbonyl (C=O) groups is 2. The highest BCUT2D eigenvalue weighted by Gasteiger charge is 2.41. The molecule has 3 unspecified atom stereocenters. The minimum Gasteiger partial charge on any atom is -0.344 e. The van der Waals surface area contributed by atoms with E-state index >= 15 is 0 Å². The van der Waals surface area contributed by atoms with E-state index < -0.39 is 0 Å². The highest BCUT2D eigenvalue weighted by molar-refractivity contribution is 8.01. The lowest BCUT2D eigenvalue weighted by molar-refractivity contribution is -0.115. The Hall–Kier alpha value is -2.12. The van der Waals surface area contributed by atoms with E-state index in [2.05, 4.69) is 15.8 Å². The van der Waals surface area contributed by atoms with E-state index in [0.29, 0.717) is 5.71 Å². The molecule has 0 radical (unpaired) electrons. The zero-order chi connectivity index (χ0) is 18.3. The Morgan fingerprint density at radius 2 is 2.08 bits per heavy atom. The molecule has 1 aromatic heterocycles. The Morgan fingerprint density at radius 3 is 2.81 bits per heavy atom. The summed E-state index contributed by atoms with van der Waals surface area (Å²) in [6.45, 7) is 3.56. The van der Waals surface area contributed by atoms with Crippen LogP contribution in [0.25, 0.3) is 0 Å². The molecule has 3 atom stereocenters. The molecule has 5 nitrogen and oxygen atoms in total. The Morgan fingerprint density at radius 1 is 1.31 bits per heavy atom. The van der Waals surface area contributed by atoms with E-state index in [-0.39, 0.29) is 29.7 Å². The fourth-order valence-electron chi connectivity index (χ4n) is 3.30. The lowest BCUT2D eigenvalue weighted by Gasteiger charge is -2.25. The van der Waals surface area contributed by atoms with Gasteiger partial charge in [-0.3, -0.25) is 9.59 Å².